The molecule has 0 aromatic carbocycles. The summed E-state index contributed by atoms with van der Waals surface area (Å²) in [4.78, 5) is 25.0. The van der Waals surface area contributed by atoms with Gasteiger partial charge in [0.1, 0.15) is 5.76 Å². The third kappa shape index (κ3) is 3.54. The van der Waals surface area contributed by atoms with Gasteiger partial charge in [0.2, 0.25) is 0 Å². The molecule has 1 heterocycles. The zero-order valence-electron chi connectivity index (χ0n) is 10.3. The van der Waals surface area contributed by atoms with E-state index in [1.54, 1.807) is 11.8 Å². The normalized spacial score (nSPS) is 11.4. The van der Waals surface area contributed by atoms with Crippen LogP contribution in [0, 0.1) is 6.92 Å². The molecule has 0 saturated carbocycles. The molecule has 1 aromatic heterocycles. The summed E-state index contributed by atoms with van der Waals surface area (Å²) in [6.45, 7) is 5.85. The van der Waals surface area contributed by atoms with Crippen molar-refractivity contribution in [2.75, 3.05) is 19.7 Å². The number of aromatic nitrogens is 1. The molecule has 6 heteroatoms. The predicted octanol–water partition coefficient (Wildman–Crippen LogP) is 0.0926. The maximum Gasteiger partial charge on any atom is 0.290 e. The van der Waals surface area contributed by atoms with Crippen LogP contribution in [0.25, 0.3) is 0 Å². The lowest BCUT2D eigenvalue weighted by atomic mass is 10.3. The number of nitrogens with zero attached hydrogens (tertiary/aromatic N) is 2. The minimum Gasteiger partial charge on any atom is -0.395 e. The first-order chi connectivity index (χ1) is 7.95. The number of aliphatic hydroxyl groups excluding tert-OH is 1. The summed E-state index contributed by atoms with van der Waals surface area (Å²) in [6.07, 6.45) is 0. The van der Waals surface area contributed by atoms with Crippen LogP contribution in [0.15, 0.2) is 15.4 Å². The van der Waals surface area contributed by atoms with Crippen molar-refractivity contribution in [1.29, 1.82) is 0 Å². The molecule has 0 amide bonds. The third-order valence-electron chi connectivity index (χ3n) is 2.44. The molecule has 0 fully saturated rings. The van der Waals surface area contributed by atoms with Crippen LogP contribution in [0.5, 0.6) is 0 Å². The first-order valence-corrected chi connectivity index (χ1v) is 5.53. The highest BCUT2D eigenvalue weighted by Crippen LogP contribution is 1.99. The van der Waals surface area contributed by atoms with E-state index >= 15 is 0 Å². The molecule has 0 atom stereocenters. The summed E-state index contributed by atoms with van der Waals surface area (Å²) in [5, 5.41) is 8.88. The largest absolute Gasteiger partial charge is 0.395 e. The molecular weight excluding hydrogens is 224 g/mol. The van der Waals surface area contributed by atoms with Gasteiger partial charge >= 0.3 is 0 Å². The van der Waals surface area contributed by atoms with Gasteiger partial charge < -0.3 is 9.63 Å². The maximum atomic E-state index is 11.8. The highest BCUT2D eigenvalue weighted by atomic mass is 16.5. The van der Waals surface area contributed by atoms with E-state index in [0.29, 0.717) is 12.3 Å². The molecule has 0 spiro atoms. The molecule has 17 heavy (non-hydrogen) atoms. The fraction of sp³-hybridized carbons (Fsp3) is 0.636. The Hall–Kier alpha value is -1.40. The van der Waals surface area contributed by atoms with Gasteiger partial charge in [-0.15, -0.1) is 4.74 Å². The van der Waals surface area contributed by atoms with Crippen molar-refractivity contribution in [3.63, 3.8) is 0 Å². The SMILES string of the molecule is Cc1cc(=O)n(C(=O)CN(CCO)C(C)C)o1. The number of hydrogen-bond donors (Lipinski definition) is 1. The summed E-state index contributed by atoms with van der Waals surface area (Å²) < 4.78 is 5.75. The highest BCUT2D eigenvalue weighted by Gasteiger charge is 2.18. The Morgan fingerprint density at radius 3 is 2.65 bits per heavy atom. The predicted molar refractivity (Wildman–Crippen MR) is 62.1 cm³/mol. The molecule has 1 aromatic rings. The molecule has 1 rings (SSSR count). The molecule has 0 aliphatic rings. The molecular formula is C11H18N2O4. The first kappa shape index (κ1) is 13.7. The van der Waals surface area contributed by atoms with E-state index in [1.807, 2.05) is 13.8 Å². The average Bonchev–Trinajstić information content (AvgIpc) is 2.57. The second-order valence-electron chi connectivity index (χ2n) is 4.16. The maximum absolute atomic E-state index is 11.8. The fourth-order valence-corrected chi connectivity index (χ4v) is 1.51. The van der Waals surface area contributed by atoms with Gasteiger partial charge in [-0.3, -0.25) is 14.5 Å². The van der Waals surface area contributed by atoms with Crippen LogP contribution in [0.1, 0.15) is 24.4 Å². The molecule has 0 aliphatic heterocycles. The fourth-order valence-electron chi connectivity index (χ4n) is 1.51. The molecule has 6 nitrogen and oxygen atoms in total. The smallest absolute Gasteiger partial charge is 0.290 e. The van der Waals surface area contributed by atoms with Gasteiger partial charge in [-0.1, -0.05) is 0 Å². The van der Waals surface area contributed by atoms with E-state index < -0.39 is 11.5 Å². The van der Waals surface area contributed by atoms with Crippen LogP contribution >= 0.6 is 0 Å². The lowest BCUT2D eigenvalue weighted by Gasteiger charge is -2.23. The van der Waals surface area contributed by atoms with Crippen molar-refractivity contribution in [2.45, 2.75) is 26.8 Å². The number of aryl methyl sites for hydroxylation is 1. The molecule has 1 N–H and O–H groups in total. The van der Waals surface area contributed by atoms with Crippen LogP contribution < -0.4 is 5.56 Å². The van der Waals surface area contributed by atoms with E-state index in [9.17, 15) is 9.59 Å². The lowest BCUT2D eigenvalue weighted by Crippen LogP contribution is -2.40. The van der Waals surface area contributed by atoms with E-state index in [0.717, 1.165) is 4.74 Å². The lowest BCUT2D eigenvalue weighted by molar-refractivity contribution is 0.0670. The Bertz CT molecular complexity index is 433. The van der Waals surface area contributed by atoms with Gasteiger partial charge in [-0.05, 0) is 20.8 Å². The molecule has 0 unspecified atom stereocenters. The topological polar surface area (TPSA) is 75.7 Å². The van der Waals surface area contributed by atoms with Crippen LogP contribution in [0.3, 0.4) is 0 Å². The van der Waals surface area contributed by atoms with E-state index in [4.69, 9.17) is 9.63 Å². The minimum absolute atomic E-state index is 0.0302. The van der Waals surface area contributed by atoms with Crippen LogP contribution in [0.4, 0.5) is 0 Å². The Labute approximate surface area is 99.4 Å². The zero-order valence-corrected chi connectivity index (χ0v) is 10.3. The van der Waals surface area contributed by atoms with Crippen molar-refractivity contribution in [3.8, 4) is 0 Å². The Kier molecular flexibility index (Phi) is 4.65. The number of carbonyl (C=O) groups is 1. The molecule has 0 radical (unpaired) electrons. The van der Waals surface area contributed by atoms with Crippen molar-refractivity contribution in [3.05, 3.63) is 22.2 Å². The first-order valence-electron chi connectivity index (χ1n) is 5.53. The van der Waals surface area contributed by atoms with Gasteiger partial charge in [0, 0.05) is 18.7 Å². The highest BCUT2D eigenvalue weighted by molar-refractivity contribution is 5.79. The summed E-state index contributed by atoms with van der Waals surface area (Å²) >= 11 is 0. The van der Waals surface area contributed by atoms with Gasteiger partial charge in [0.15, 0.2) is 0 Å². The van der Waals surface area contributed by atoms with Crippen molar-refractivity contribution in [1.82, 2.24) is 9.64 Å². The second-order valence-corrected chi connectivity index (χ2v) is 4.16. The van der Waals surface area contributed by atoms with Gasteiger partial charge in [0.25, 0.3) is 11.5 Å². The Morgan fingerprint density at radius 1 is 1.59 bits per heavy atom. The quantitative estimate of drug-likeness (QED) is 0.792. The zero-order chi connectivity index (χ0) is 13.0. The number of aliphatic hydroxyl groups is 1. The van der Waals surface area contributed by atoms with Crippen molar-refractivity contribution < 1.29 is 14.4 Å². The average molecular weight is 242 g/mol. The van der Waals surface area contributed by atoms with Crippen LogP contribution in [-0.4, -0.2) is 46.4 Å². The van der Waals surface area contributed by atoms with Gasteiger partial charge in [-0.2, -0.15) is 0 Å². The molecule has 0 bridgehead atoms. The third-order valence-corrected chi connectivity index (χ3v) is 2.44. The molecule has 0 saturated heterocycles. The Balaban J connectivity index is 2.77. The summed E-state index contributed by atoms with van der Waals surface area (Å²) in [5.74, 6) is -0.0214. The second kappa shape index (κ2) is 5.79. The van der Waals surface area contributed by atoms with Crippen LogP contribution in [-0.2, 0) is 0 Å². The standard InChI is InChI=1S/C11H18N2O4/c1-8(2)12(4-5-14)7-11(16)13-10(15)6-9(3)17-13/h6,8,14H,4-5,7H2,1-3H3. The molecule has 0 aliphatic carbocycles. The summed E-state index contributed by atoms with van der Waals surface area (Å²) in [5.41, 5.74) is -0.458. The van der Waals surface area contributed by atoms with Crippen molar-refractivity contribution in [2.24, 2.45) is 0 Å². The summed E-state index contributed by atoms with van der Waals surface area (Å²) in [6, 6.07) is 1.38. The molecule has 96 valence electrons. The van der Waals surface area contributed by atoms with E-state index in [1.165, 1.54) is 6.07 Å². The van der Waals surface area contributed by atoms with Gasteiger partial charge in [-0.25, -0.2) is 0 Å². The van der Waals surface area contributed by atoms with Crippen molar-refractivity contribution >= 4 is 5.91 Å². The number of rotatable bonds is 5. The number of hydrogen-bond acceptors (Lipinski definition) is 5. The van der Waals surface area contributed by atoms with Gasteiger partial charge in [0.05, 0.1) is 13.2 Å². The Morgan fingerprint density at radius 2 is 2.24 bits per heavy atom. The summed E-state index contributed by atoms with van der Waals surface area (Å²) in [7, 11) is 0. The monoisotopic (exact) mass is 242 g/mol. The van der Waals surface area contributed by atoms with E-state index in [-0.39, 0.29) is 19.2 Å². The minimum atomic E-state index is -0.458. The van der Waals surface area contributed by atoms with Crippen LogP contribution in [0.2, 0.25) is 0 Å². The number of carbonyl (C=O) groups excluding carboxylic acids is 1. The van der Waals surface area contributed by atoms with E-state index in [2.05, 4.69) is 0 Å².